The summed E-state index contributed by atoms with van der Waals surface area (Å²) in [5.74, 6) is 2.84. The van der Waals surface area contributed by atoms with Crippen molar-refractivity contribution in [2.24, 2.45) is 0 Å². The van der Waals surface area contributed by atoms with Crippen LogP contribution in [-0.4, -0.2) is 22.0 Å². The van der Waals surface area contributed by atoms with Gasteiger partial charge in [-0.1, -0.05) is 30.3 Å². The molecule has 1 aliphatic rings. The van der Waals surface area contributed by atoms with Gasteiger partial charge in [-0.25, -0.2) is 15.0 Å². The lowest BCUT2D eigenvalue weighted by molar-refractivity contribution is 0.362. The van der Waals surface area contributed by atoms with Gasteiger partial charge in [-0.3, -0.25) is 0 Å². The van der Waals surface area contributed by atoms with Crippen molar-refractivity contribution in [3.8, 4) is 11.5 Å². The van der Waals surface area contributed by atoms with Gasteiger partial charge >= 0.3 is 0 Å². The van der Waals surface area contributed by atoms with E-state index in [2.05, 4.69) is 15.4 Å². The Hall–Kier alpha value is -3.12. The molecule has 0 saturated heterocycles. The minimum Gasteiger partial charge on any atom is -0.457 e. The van der Waals surface area contributed by atoms with E-state index in [-0.39, 0.29) is 6.04 Å². The monoisotopic (exact) mass is 319 g/mol. The maximum atomic E-state index is 6.05. The smallest absolute Gasteiger partial charge is 0.151 e. The third-order valence-corrected chi connectivity index (χ3v) is 4.03. The molecule has 3 aromatic rings. The highest BCUT2D eigenvalue weighted by atomic mass is 16.5. The molecule has 120 valence electrons. The third-order valence-electron chi connectivity index (χ3n) is 4.03. The number of benzene rings is 2. The van der Waals surface area contributed by atoms with Crippen LogP contribution in [0.25, 0.3) is 0 Å². The van der Waals surface area contributed by atoms with Crippen molar-refractivity contribution in [1.82, 2.24) is 15.0 Å². The number of hydrogen-bond donors (Lipinski definition) is 2. The molecule has 1 atom stereocenters. The van der Waals surface area contributed by atoms with Gasteiger partial charge in [-0.2, -0.15) is 0 Å². The van der Waals surface area contributed by atoms with Gasteiger partial charge in [0.15, 0.2) is 5.82 Å². The van der Waals surface area contributed by atoms with E-state index in [1.54, 1.807) is 0 Å². The first kappa shape index (κ1) is 14.5. The fourth-order valence-corrected chi connectivity index (χ4v) is 2.93. The van der Waals surface area contributed by atoms with Crippen molar-refractivity contribution in [2.45, 2.75) is 6.04 Å². The Morgan fingerprint density at radius 2 is 1.71 bits per heavy atom. The van der Waals surface area contributed by atoms with Gasteiger partial charge in [0.2, 0.25) is 0 Å². The molecule has 1 unspecified atom stereocenters. The summed E-state index contributed by atoms with van der Waals surface area (Å²) in [7, 11) is 1.96. The van der Waals surface area contributed by atoms with Crippen LogP contribution in [0.3, 0.4) is 0 Å². The van der Waals surface area contributed by atoms with Gasteiger partial charge in [-0.15, -0.1) is 0 Å². The molecule has 0 saturated carbocycles. The van der Waals surface area contributed by atoms with E-state index in [9.17, 15) is 0 Å². The van der Waals surface area contributed by atoms with Gasteiger partial charge in [-0.05, 0) is 29.8 Å². The first-order chi connectivity index (χ1) is 11.7. The predicted molar refractivity (Wildman–Crippen MR) is 92.6 cm³/mol. The molecular formula is C18H17N5O. The molecule has 0 amide bonds. The number of fused-ring (bicyclic) bond motifs is 1. The van der Waals surface area contributed by atoms with E-state index in [1.807, 2.05) is 66.7 Å². The molecule has 4 rings (SSSR count). The molecule has 3 N–H and O–H groups in total. The van der Waals surface area contributed by atoms with E-state index in [0.717, 1.165) is 28.4 Å². The Bertz CT molecular complexity index is 851. The van der Waals surface area contributed by atoms with Crippen LogP contribution < -0.4 is 15.9 Å². The quantitative estimate of drug-likeness (QED) is 0.772. The number of nitrogens with zero attached hydrogens (tertiary/aromatic N) is 3. The maximum absolute atomic E-state index is 6.05. The van der Waals surface area contributed by atoms with Gasteiger partial charge in [0.05, 0.1) is 11.6 Å². The fraction of sp³-hybridized carbons (Fsp3) is 0.111. The van der Waals surface area contributed by atoms with Gasteiger partial charge in [0, 0.05) is 7.05 Å². The second-order valence-electron chi connectivity index (χ2n) is 5.63. The van der Waals surface area contributed by atoms with Crippen molar-refractivity contribution in [1.29, 1.82) is 0 Å². The zero-order chi connectivity index (χ0) is 16.5. The number of nitrogens with one attached hydrogen (secondary N) is 1. The minimum absolute atomic E-state index is 0.0352. The molecule has 0 spiro atoms. The van der Waals surface area contributed by atoms with Gasteiger partial charge in [0.25, 0.3) is 0 Å². The molecule has 1 aromatic heterocycles. The fourth-order valence-electron chi connectivity index (χ4n) is 2.93. The highest BCUT2D eigenvalue weighted by molar-refractivity contribution is 5.62. The van der Waals surface area contributed by atoms with Crippen molar-refractivity contribution < 1.29 is 4.74 Å². The summed E-state index contributed by atoms with van der Waals surface area (Å²) in [6.07, 6.45) is 1.47. The van der Waals surface area contributed by atoms with Crippen LogP contribution in [0.2, 0.25) is 0 Å². The second kappa shape index (κ2) is 5.82. The van der Waals surface area contributed by atoms with Crippen molar-refractivity contribution in [2.75, 3.05) is 18.2 Å². The molecule has 6 nitrogen and oxygen atoms in total. The molecule has 6 heteroatoms. The largest absolute Gasteiger partial charge is 0.457 e. The summed E-state index contributed by atoms with van der Waals surface area (Å²) < 4.78 is 5.84. The van der Waals surface area contributed by atoms with Crippen LogP contribution in [0.5, 0.6) is 11.5 Å². The van der Waals surface area contributed by atoms with Crippen LogP contribution in [0.15, 0.2) is 60.9 Å². The average molecular weight is 319 g/mol. The summed E-state index contributed by atoms with van der Waals surface area (Å²) in [6, 6.07) is 17.6. The first-order valence-electron chi connectivity index (χ1n) is 7.65. The molecule has 2 aromatic carbocycles. The van der Waals surface area contributed by atoms with Crippen molar-refractivity contribution in [3.63, 3.8) is 0 Å². The van der Waals surface area contributed by atoms with Gasteiger partial charge in [0.1, 0.15) is 23.6 Å². The number of rotatable bonds is 3. The normalized spacial score (nSPS) is 16.5. The van der Waals surface area contributed by atoms with E-state index in [0.29, 0.717) is 5.82 Å². The number of aromatic nitrogens is 2. The number of hydrazine groups is 1. The molecule has 24 heavy (non-hydrogen) atoms. The topological polar surface area (TPSA) is 76.3 Å². The Kier molecular flexibility index (Phi) is 3.51. The number of anilines is 2. The summed E-state index contributed by atoms with van der Waals surface area (Å²) in [4.78, 5) is 8.36. The Morgan fingerprint density at radius 3 is 2.46 bits per heavy atom. The first-order valence-corrected chi connectivity index (χ1v) is 7.65. The van der Waals surface area contributed by atoms with Crippen LogP contribution in [-0.2, 0) is 0 Å². The Balaban J connectivity index is 1.62. The Labute approximate surface area is 139 Å². The standard InChI is InChI=1S/C18H17N5O/c1-23-16(15-17(19)20-11-21-18(15)22-23)12-7-9-14(10-8-12)24-13-5-3-2-4-6-13/h2-11,16H,1H3,(H3,19,20,21,22). The van der Waals surface area contributed by atoms with E-state index < -0.39 is 0 Å². The minimum atomic E-state index is -0.0352. The lowest BCUT2D eigenvalue weighted by atomic mass is 10.0. The maximum Gasteiger partial charge on any atom is 0.151 e. The molecule has 0 bridgehead atoms. The van der Waals surface area contributed by atoms with Gasteiger partial charge < -0.3 is 15.9 Å². The lowest BCUT2D eigenvalue weighted by Gasteiger charge is -2.20. The predicted octanol–water partition coefficient (Wildman–Crippen LogP) is 3.21. The molecule has 0 radical (unpaired) electrons. The highest BCUT2D eigenvalue weighted by Crippen LogP contribution is 2.40. The van der Waals surface area contributed by atoms with E-state index >= 15 is 0 Å². The van der Waals surface area contributed by atoms with Crippen LogP contribution in [0.4, 0.5) is 11.6 Å². The van der Waals surface area contributed by atoms with Crippen molar-refractivity contribution in [3.05, 3.63) is 72.1 Å². The lowest BCUT2D eigenvalue weighted by Crippen LogP contribution is -2.24. The zero-order valence-electron chi connectivity index (χ0n) is 13.2. The molecule has 0 fully saturated rings. The average Bonchev–Trinajstić information content (AvgIpc) is 2.94. The van der Waals surface area contributed by atoms with E-state index in [1.165, 1.54) is 6.33 Å². The number of para-hydroxylation sites is 1. The second-order valence-corrected chi connectivity index (χ2v) is 5.63. The number of nitrogens with two attached hydrogens (primary N) is 1. The SMILES string of the molecule is CN1Nc2ncnc(N)c2C1c1ccc(Oc2ccccc2)cc1. The number of hydrogen-bond acceptors (Lipinski definition) is 6. The summed E-state index contributed by atoms with van der Waals surface area (Å²) in [5, 5.41) is 1.97. The van der Waals surface area contributed by atoms with Crippen LogP contribution in [0, 0.1) is 0 Å². The van der Waals surface area contributed by atoms with Crippen LogP contribution >= 0.6 is 0 Å². The third kappa shape index (κ3) is 2.53. The molecule has 1 aliphatic heterocycles. The summed E-state index contributed by atoms with van der Waals surface area (Å²) in [5.41, 5.74) is 11.3. The van der Waals surface area contributed by atoms with E-state index in [4.69, 9.17) is 10.5 Å². The highest BCUT2D eigenvalue weighted by Gasteiger charge is 2.32. The van der Waals surface area contributed by atoms with Crippen LogP contribution in [0.1, 0.15) is 17.2 Å². The molecule has 0 aliphatic carbocycles. The zero-order valence-corrected chi connectivity index (χ0v) is 13.2. The molecular weight excluding hydrogens is 302 g/mol. The van der Waals surface area contributed by atoms with Crippen molar-refractivity contribution >= 4 is 11.6 Å². The summed E-state index contributed by atoms with van der Waals surface area (Å²) >= 11 is 0. The number of nitrogen functional groups attached to an aromatic ring is 1. The summed E-state index contributed by atoms with van der Waals surface area (Å²) in [6.45, 7) is 0. The molecule has 2 heterocycles. The number of ether oxygens (including phenoxy) is 1. The Morgan fingerprint density at radius 1 is 1.00 bits per heavy atom.